The first-order valence-electron chi connectivity index (χ1n) is 7.08. The molecular weight excluding hydrogens is 309 g/mol. The molecule has 1 aliphatic rings. The van der Waals surface area contributed by atoms with Crippen LogP contribution in [-0.2, 0) is 9.59 Å². The van der Waals surface area contributed by atoms with Crippen LogP contribution in [-0.4, -0.2) is 17.9 Å². The summed E-state index contributed by atoms with van der Waals surface area (Å²) in [7, 11) is 0. The molecule has 0 aliphatic heterocycles. The smallest absolute Gasteiger partial charge is 0.224 e. The van der Waals surface area contributed by atoms with Gasteiger partial charge in [-0.15, -0.1) is 12.4 Å². The number of halogens is 2. The average Bonchev–Trinajstić information content (AvgIpc) is 2.78. The molecule has 0 radical (unpaired) electrons. The van der Waals surface area contributed by atoms with Crippen molar-refractivity contribution in [2.45, 2.75) is 38.6 Å². The molecule has 4 N–H and O–H groups in total. The Morgan fingerprint density at radius 3 is 2.64 bits per heavy atom. The van der Waals surface area contributed by atoms with Crippen LogP contribution in [0.5, 0.6) is 0 Å². The Hall–Kier alpha value is -1.66. The third-order valence-corrected chi connectivity index (χ3v) is 3.73. The van der Waals surface area contributed by atoms with E-state index in [0.29, 0.717) is 12.1 Å². The lowest BCUT2D eigenvalue weighted by atomic mass is 10.00. The van der Waals surface area contributed by atoms with Crippen LogP contribution in [0.15, 0.2) is 18.2 Å². The second-order valence-corrected chi connectivity index (χ2v) is 5.48. The number of nitrogens with one attached hydrogen (secondary N) is 2. The lowest BCUT2D eigenvalue weighted by Gasteiger charge is -2.15. The van der Waals surface area contributed by atoms with Gasteiger partial charge in [-0.2, -0.15) is 0 Å². The molecule has 1 fully saturated rings. The van der Waals surface area contributed by atoms with Gasteiger partial charge >= 0.3 is 0 Å². The molecule has 1 aromatic carbocycles. The maximum Gasteiger partial charge on any atom is 0.224 e. The normalized spacial score (nSPS) is 20.1. The highest BCUT2D eigenvalue weighted by atomic mass is 35.5. The van der Waals surface area contributed by atoms with Gasteiger partial charge < -0.3 is 16.4 Å². The molecule has 1 saturated carbocycles. The molecule has 0 heterocycles. The summed E-state index contributed by atoms with van der Waals surface area (Å²) in [5.41, 5.74) is 6.44. The van der Waals surface area contributed by atoms with Gasteiger partial charge in [-0.3, -0.25) is 9.59 Å². The zero-order valence-electron chi connectivity index (χ0n) is 12.4. The molecule has 22 heavy (non-hydrogen) atoms. The summed E-state index contributed by atoms with van der Waals surface area (Å²) >= 11 is 0. The Morgan fingerprint density at radius 2 is 2.05 bits per heavy atom. The molecule has 0 bridgehead atoms. The van der Waals surface area contributed by atoms with Crippen molar-refractivity contribution in [2.75, 3.05) is 10.6 Å². The summed E-state index contributed by atoms with van der Waals surface area (Å²) in [5, 5.41) is 5.10. The predicted molar refractivity (Wildman–Crippen MR) is 86.5 cm³/mol. The molecule has 122 valence electrons. The van der Waals surface area contributed by atoms with E-state index in [-0.39, 0.29) is 41.9 Å². The minimum atomic E-state index is -0.534. The summed E-state index contributed by atoms with van der Waals surface area (Å²) in [6, 6.07) is 4.11. The standard InChI is InChI=1S/C15H20FN3O2.ClH/c1-9(20)18-11-5-6-12(16)14(8-11)19-15(21)7-10-3-2-4-13(10)17;/h5-6,8,10,13H,2-4,7,17H2,1H3,(H,18,20)(H,19,21);1H/t10-,13+;/m0./s1. The zero-order chi connectivity index (χ0) is 15.4. The Bertz CT molecular complexity index is 554. The van der Waals surface area contributed by atoms with Crippen molar-refractivity contribution in [1.82, 2.24) is 0 Å². The van der Waals surface area contributed by atoms with E-state index in [0.717, 1.165) is 19.3 Å². The van der Waals surface area contributed by atoms with E-state index < -0.39 is 5.82 Å². The highest BCUT2D eigenvalue weighted by Crippen LogP contribution is 2.27. The first-order valence-corrected chi connectivity index (χ1v) is 7.08. The summed E-state index contributed by atoms with van der Waals surface area (Å²) in [5.74, 6) is -0.883. The van der Waals surface area contributed by atoms with Gasteiger partial charge in [0, 0.05) is 25.1 Å². The van der Waals surface area contributed by atoms with Crippen LogP contribution in [0.2, 0.25) is 0 Å². The number of carbonyl (C=O) groups is 2. The van der Waals surface area contributed by atoms with Gasteiger partial charge in [0.2, 0.25) is 11.8 Å². The number of hydrogen-bond donors (Lipinski definition) is 3. The average molecular weight is 330 g/mol. The fraction of sp³-hybridized carbons (Fsp3) is 0.467. The first kappa shape index (κ1) is 18.4. The van der Waals surface area contributed by atoms with Crippen molar-refractivity contribution >= 4 is 35.6 Å². The van der Waals surface area contributed by atoms with Gasteiger partial charge in [0.1, 0.15) is 5.82 Å². The topological polar surface area (TPSA) is 84.2 Å². The number of hydrogen-bond acceptors (Lipinski definition) is 3. The molecule has 1 aliphatic carbocycles. The Morgan fingerprint density at radius 1 is 1.32 bits per heavy atom. The molecule has 0 aromatic heterocycles. The van der Waals surface area contributed by atoms with Crippen molar-refractivity contribution in [2.24, 2.45) is 11.7 Å². The number of nitrogens with two attached hydrogens (primary N) is 1. The minimum absolute atomic E-state index is 0. The van der Waals surface area contributed by atoms with Gasteiger partial charge in [0.15, 0.2) is 0 Å². The van der Waals surface area contributed by atoms with Crippen LogP contribution in [0, 0.1) is 11.7 Å². The summed E-state index contributed by atoms with van der Waals surface area (Å²) in [6.45, 7) is 1.36. The zero-order valence-corrected chi connectivity index (χ0v) is 13.2. The minimum Gasteiger partial charge on any atom is -0.327 e. The predicted octanol–water partition coefficient (Wildman–Crippen LogP) is 2.66. The SMILES string of the molecule is CC(=O)Nc1ccc(F)c(NC(=O)C[C@@H]2CCC[C@H]2N)c1.Cl. The quantitative estimate of drug-likeness (QED) is 0.794. The van der Waals surface area contributed by atoms with Crippen LogP contribution >= 0.6 is 12.4 Å². The number of amides is 2. The fourth-order valence-electron chi connectivity index (χ4n) is 2.66. The molecular formula is C15H21ClFN3O2. The number of rotatable bonds is 4. The maximum absolute atomic E-state index is 13.7. The molecule has 2 atom stereocenters. The van der Waals surface area contributed by atoms with Crippen molar-refractivity contribution in [3.63, 3.8) is 0 Å². The van der Waals surface area contributed by atoms with E-state index >= 15 is 0 Å². The van der Waals surface area contributed by atoms with Crippen LogP contribution in [0.1, 0.15) is 32.6 Å². The number of anilines is 2. The summed E-state index contributed by atoms with van der Waals surface area (Å²) in [4.78, 5) is 23.0. The Labute approximate surface area is 135 Å². The maximum atomic E-state index is 13.7. The lowest BCUT2D eigenvalue weighted by molar-refractivity contribution is -0.117. The summed E-state index contributed by atoms with van der Waals surface area (Å²) in [6.07, 6.45) is 3.20. The van der Waals surface area contributed by atoms with E-state index in [2.05, 4.69) is 10.6 Å². The van der Waals surface area contributed by atoms with Crippen LogP contribution < -0.4 is 16.4 Å². The molecule has 2 rings (SSSR count). The van der Waals surface area contributed by atoms with E-state index in [1.54, 1.807) is 0 Å². The van der Waals surface area contributed by atoms with Gasteiger partial charge in [-0.1, -0.05) is 6.42 Å². The molecule has 0 spiro atoms. The van der Waals surface area contributed by atoms with E-state index in [4.69, 9.17) is 5.73 Å². The van der Waals surface area contributed by atoms with Crippen molar-refractivity contribution in [3.8, 4) is 0 Å². The third-order valence-electron chi connectivity index (χ3n) is 3.73. The first-order chi connectivity index (χ1) is 9.95. The van der Waals surface area contributed by atoms with E-state index in [9.17, 15) is 14.0 Å². The Balaban J connectivity index is 0.00000242. The molecule has 0 saturated heterocycles. The molecule has 1 aromatic rings. The second-order valence-electron chi connectivity index (χ2n) is 5.48. The van der Waals surface area contributed by atoms with Crippen molar-refractivity contribution < 1.29 is 14.0 Å². The van der Waals surface area contributed by atoms with E-state index in [1.165, 1.54) is 25.1 Å². The monoisotopic (exact) mass is 329 g/mol. The van der Waals surface area contributed by atoms with Crippen LogP contribution in [0.3, 0.4) is 0 Å². The van der Waals surface area contributed by atoms with Gasteiger partial charge in [0.05, 0.1) is 5.69 Å². The third kappa shape index (κ3) is 4.96. The second kappa shape index (κ2) is 8.10. The number of benzene rings is 1. The highest BCUT2D eigenvalue weighted by Gasteiger charge is 2.26. The van der Waals surface area contributed by atoms with Crippen molar-refractivity contribution in [1.29, 1.82) is 0 Å². The van der Waals surface area contributed by atoms with Crippen molar-refractivity contribution in [3.05, 3.63) is 24.0 Å². The fourth-order valence-corrected chi connectivity index (χ4v) is 2.66. The molecule has 0 unspecified atom stereocenters. The lowest BCUT2D eigenvalue weighted by Crippen LogP contribution is -2.28. The molecule has 5 nitrogen and oxygen atoms in total. The molecule has 7 heteroatoms. The number of carbonyl (C=O) groups excluding carboxylic acids is 2. The largest absolute Gasteiger partial charge is 0.327 e. The van der Waals surface area contributed by atoms with Gasteiger partial charge in [-0.05, 0) is 37.0 Å². The van der Waals surface area contributed by atoms with Gasteiger partial charge in [-0.25, -0.2) is 4.39 Å². The van der Waals surface area contributed by atoms with Gasteiger partial charge in [0.25, 0.3) is 0 Å². The van der Waals surface area contributed by atoms with E-state index in [1.807, 2.05) is 0 Å². The molecule has 2 amide bonds. The van der Waals surface area contributed by atoms with Crippen LogP contribution in [0.25, 0.3) is 0 Å². The highest BCUT2D eigenvalue weighted by molar-refractivity contribution is 5.93. The van der Waals surface area contributed by atoms with Crippen LogP contribution in [0.4, 0.5) is 15.8 Å². The summed E-state index contributed by atoms with van der Waals surface area (Å²) < 4.78 is 13.7. The Kier molecular flexibility index (Phi) is 6.77.